The van der Waals surface area contributed by atoms with Gasteiger partial charge in [-0.2, -0.15) is 0 Å². The highest BCUT2D eigenvalue weighted by Gasteiger charge is 2.30. The van der Waals surface area contributed by atoms with Crippen LogP contribution in [0.3, 0.4) is 0 Å². The molecule has 3 aliphatic rings. The Bertz CT molecular complexity index is 956. The molecule has 0 saturated carbocycles. The zero-order valence-electron chi connectivity index (χ0n) is 19.4. The molecule has 8 heteroatoms. The molecule has 4 rings (SSSR count). The van der Waals surface area contributed by atoms with Gasteiger partial charge in [0.2, 0.25) is 0 Å². The number of benzene rings is 1. The topological polar surface area (TPSA) is 79.9 Å². The highest BCUT2D eigenvalue weighted by molar-refractivity contribution is 6.29. The second-order valence-corrected chi connectivity index (χ2v) is 9.51. The van der Waals surface area contributed by atoms with Crippen LogP contribution in [-0.4, -0.2) is 73.2 Å². The predicted molar refractivity (Wildman–Crippen MR) is 132 cm³/mol. The lowest BCUT2D eigenvalue weighted by atomic mass is 10.1. The summed E-state index contributed by atoms with van der Waals surface area (Å²) < 4.78 is 0. The molecule has 0 radical (unpaired) electrons. The zero-order valence-corrected chi connectivity index (χ0v) is 20.2. The first-order chi connectivity index (χ1) is 15.9. The van der Waals surface area contributed by atoms with Gasteiger partial charge in [0.15, 0.2) is 0 Å². The average molecular weight is 472 g/mol. The second kappa shape index (κ2) is 10.7. The number of aliphatic hydroxyl groups excluding tert-OH is 1. The van der Waals surface area contributed by atoms with Gasteiger partial charge in [-0.05, 0) is 67.1 Å². The fourth-order valence-corrected chi connectivity index (χ4v) is 4.75. The third-order valence-electron chi connectivity index (χ3n) is 6.66. The number of likely N-dealkylation sites (N-methyl/N-ethyl adjacent to an activating group) is 2. The normalized spacial score (nSPS) is 20.8. The number of nitrogens with zero attached hydrogens (tertiary/aromatic N) is 2. The Morgan fingerprint density at radius 1 is 1.30 bits per heavy atom. The maximum atomic E-state index is 12.9. The van der Waals surface area contributed by atoms with E-state index in [-0.39, 0.29) is 11.9 Å². The van der Waals surface area contributed by atoms with Gasteiger partial charge in [-0.3, -0.25) is 4.79 Å². The minimum absolute atomic E-state index is 0.0384. The molecule has 33 heavy (non-hydrogen) atoms. The van der Waals surface area contributed by atoms with E-state index in [0.29, 0.717) is 30.4 Å². The number of nitrogens with one attached hydrogen (secondary N) is 3. The Balaban J connectivity index is 1.20. The molecule has 0 spiro atoms. The highest BCUT2D eigenvalue weighted by Crippen LogP contribution is 2.30. The van der Waals surface area contributed by atoms with Crippen LogP contribution in [0.5, 0.6) is 0 Å². The standard InChI is InChI=1S/C25H34ClN5O2/c1-30-15-19(10-11-24(30)26)23(32)14-27-13-12-17-6-8-18(9-7-17)25(33)31(2)16-22-20-4-3-5-21(20)28-29-22/h6-11,22-23,27-29,32H,3-5,12-16H2,1-2H3. The lowest BCUT2D eigenvalue weighted by molar-refractivity contribution is 0.0786. The highest BCUT2D eigenvalue weighted by atomic mass is 35.5. The molecule has 1 aromatic carbocycles. The molecule has 2 heterocycles. The summed E-state index contributed by atoms with van der Waals surface area (Å²) in [6.07, 6.45) is 7.42. The van der Waals surface area contributed by atoms with Crippen LogP contribution >= 0.6 is 11.6 Å². The molecule has 4 N–H and O–H groups in total. The van der Waals surface area contributed by atoms with E-state index in [1.54, 1.807) is 4.90 Å². The number of carbonyl (C=O) groups is 1. The molecule has 178 valence electrons. The monoisotopic (exact) mass is 471 g/mol. The molecular formula is C25H34ClN5O2. The second-order valence-electron chi connectivity index (χ2n) is 9.12. The number of allylic oxidation sites excluding steroid dienone is 3. The van der Waals surface area contributed by atoms with Crippen molar-refractivity contribution in [3.63, 3.8) is 0 Å². The maximum Gasteiger partial charge on any atom is 0.253 e. The largest absolute Gasteiger partial charge is 0.387 e. The predicted octanol–water partition coefficient (Wildman–Crippen LogP) is 2.12. The van der Waals surface area contributed by atoms with E-state index in [9.17, 15) is 9.90 Å². The van der Waals surface area contributed by atoms with Gasteiger partial charge in [-0.1, -0.05) is 29.8 Å². The van der Waals surface area contributed by atoms with Gasteiger partial charge in [-0.15, -0.1) is 0 Å². The van der Waals surface area contributed by atoms with Crippen LogP contribution in [0.2, 0.25) is 0 Å². The van der Waals surface area contributed by atoms with Crippen LogP contribution in [0, 0.1) is 0 Å². The Kier molecular flexibility index (Phi) is 7.75. The lowest BCUT2D eigenvalue weighted by Crippen LogP contribution is -2.43. The lowest BCUT2D eigenvalue weighted by Gasteiger charge is -2.26. The van der Waals surface area contributed by atoms with E-state index in [2.05, 4.69) is 16.2 Å². The van der Waals surface area contributed by atoms with E-state index in [1.165, 1.54) is 17.7 Å². The number of rotatable bonds is 9. The maximum absolute atomic E-state index is 12.9. The number of hydrazine groups is 1. The van der Waals surface area contributed by atoms with Crippen molar-refractivity contribution in [3.05, 3.63) is 69.5 Å². The summed E-state index contributed by atoms with van der Waals surface area (Å²) in [7, 11) is 3.77. The first-order valence-electron chi connectivity index (χ1n) is 11.7. The summed E-state index contributed by atoms with van der Waals surface area (Å²) in [4.78, 5) is 16.6. The molecule has 7 nitrogen and oxygen atoms in total. The number of halogens is 1. The van der Waals surface area contributed by atoms with Crippen molar-refractivity contribution in [1.82, 2.24) is 26.0 Å². The van der Waals surface area contributed by atoms with Crippen LogP contribution in [0.1, 0.15) is 35.2 Å². The summed E-state index contributed by atoms with van der Waals surface area (Å²) in [5.74, 6) is 0.0384. The van der Waals surface area contributed by atoms with Gasteiger partial charge < -0.3 is 25.6 Å². The number of carbonyl (C=O) groups excluding carboxylic acids is 1. The first-order valence-corrected chi connectivity index (χ1v) is 12.0. The molecule has 1 aromatic rings. The Morgan fingerprint density at radius 3 is 2.85 bits per heavy atom. The van der Waals surface area contributed by atoms with E-state index >= 15 is 0 Å². The van der Waals surface area contributed by atoms with Crippen LogP contribution in [-0.2, 0) is 6.42 Å². The molecule has 1 amide bonds. The Labute approximate surface area is 201 Å². The average Bonchev–Trinajstić information content (AvgIpc) is 3.43. The van der Waals surface area contributed by atoms with Crippen LogP contribution in [0.15, 0.2) is 58.4 Å². The smallest absolute Gasteiger partial charge is 0.253 e. The molecule has 0 fully saturated rings. The first kappa shape index (κ1) is 23.8. The van der Waals surface area contributed by atoms with Crippen LogP contribution in [0.25, 0.3) is 0 Å². The van der Waals surface area contributed by atoms with Crippen molar-refractivity contribution < 1.29 is 9.90 Å². The van der Waals surface area contributed by atoms with Crippen LogP contribution < -0.4 is 16.2 Å². The third kappa shape index (κ3) is 5.79. The fourth-order valence-electron chi connectivity index (χ4n) is 4.63. The van der Waals surface area contributed by atoms with Gasteiger partial charge in [0.1, 0.15) is 5.16 Å². The summed E-state index contributed by atoms with van der Waals surface area (Å²) in [6, 6.07) is 8.04. The number of aliphatic hydroxyl groups is 1. The van der Waals surface area contributed by atoms with Gasteiger partial charge in [0, 0.05) is 45.0 Å². The van der Waals surface area contributed by atoms with Gasteiger partial charge in [0.25, 0.3) is 5.91 Å². The van der Waals surface area contributed by atoms with Crippen molar-refractivity contribution in [3.8, 4) is 0 Å². The van der Waals surface area contributed by atoms with Gasteiger partial charge in [-0.25, -0.2) is 5.43 Å². The van der Waals surface area contributed by atoms with Crippen molar-refractivity contribution in [2.75, 3.05) is 40.3 Å². The van der Waals surface area contributed by atoms with Gasteiger partial charge in [0.05, 0.1) is 12.1 Å². The zero-order chi connectivity index (χ0) is 23.4. The summed E-state index contributed by atoms with van der Waals surface area (Å²) >= 11 is 6.05. The number of hydrogen-bond donors (Lipinski definition) is 4. The van der Waals surface area contributed by atoms with E-state index in [4.69, 9.17) is 11.6 Å². The molecule has 1 aliphatic carbocycles. The molecule has 0 bridgehead atoms. The summed E-state index contributed by atoms with van der Waals surface area (Å²) in [5.41, 5.74) is 12.1. The van der Waals surface area contributed by atoms with Crippen LogP contribution in [0.4, 0.5) is 0 Å². The van der Waals surface area contributed by atoms with Crippen molar-refractivity contribution in [2.45, 2.75) is 37.8 Å². The number of hydrogen-bond acceptors (Lipinski definition) is 6. The minimum atomic E-state index is -0.537. The minimum Gasteiger partial charge on any atom is -0.387 e. The van der Waals surface area contributed by atoms with Crippen molar-refractivity contribution in [2.24, 2.45) is 0 Å². The van der Waals surface area contributed by atoms with Crippen molar-refractivity contribution in [1.29, 1.82) is 0 Å². The molecule has 2 atom stereocenters. The van der Waals surface area contributed by atoms with Gasteiger partial charge >= 0.3 is 0 Å². The Morgan fingerprint density at radius 2 is 2.09 bits per heavy atom. The molecule has 2 unspecified atom stereocenters. The third-order valence-corrected chi connectivity index (χ3v) is 7.07. The quantitative estimate of drug-likeness (QED) is 0.326. The summed E-state index contributed by atoms with van der Waals surface area (Å²) in [6.45, 7) is 2.54. The van der Waals surface area contributed by atoms with E-state index in [0.717, 1.165) is 36.9 Å². The SMILES string of the molecule is CN(CC1NNC2=C1CCC2)C(=O)c1ccc(CCNCC(O)C2=CC=C(Cl)N(C)C2)cc1. The molecule has 0 aromatic heterocycles. The van der Waals surface area contributed by atoms with E-state index < -0.39 is 6.10 Å². The Hall–Kier alpha value is -2.32. The van der Waals surface area contributed by atoms with E-state index in [1.807, 2.05) is 55.4 Å². The number of amides is 1. The summed E-state index contributed by atoms with van der Waals surface area (Å²) in [5, 5.41) is 14.4. The fraction of sp³-hybridized carbons (Fsp3) is 0.480. The molecule has 0 saturated heterocycles. The molecule has 2 aliphatic heterocycles. The molecular weight excluding hydrogens is 438 g/mol. The van der Waals surface area contributed by atoms with Crippen molar-refractivity contribution >= 4 is 17.5 Å².